The molecule has 1 N–H and O–H groups in total. The Morgan fingerprint density at radius 3 is 2.48 bits per heavy atom. The lowest BCUT2D eigenvalue weighted by atomic mass is 9.96. The van der Waals surface area contributed by atoms with Crippen LogP contribution in [0.5, 0.6) is 0 Å². The molecule has 2 heterocycles. The second-order valence-electron chi connectivity index (χ2n) is 7.47. The first-order valence-corrected chi connectivity index (χ1v) is 8.22. The zero-order valence-electron chi connectivity index (χ0n) is 13.7. The first-order chi connectivity index (χ1) is 9.83. The van der Waals surface area contributed by atoms with Gasteiger partial charge < -0.3 is 19.6 Å². The van der Waals surface area contributed by atoms with Crippen LogP contribution in [0.25, 0.3) is 0 Å². The standard InChI is InChI=1S/C16H30N2O3/c1-16(2,3)21-15(20)18-8-4-5-13(12-18)11-17-9-6-14(19)7-10-17/h13-14,19H,4-12H2,1-3H3. The number of aliphatic hydroxyl groups excluding tert-OH is 1. The van der Waals surface area contributed by atoms with Crippen molar-refractivity contribution in [2.45, 2.75) is 58.2 Å². The lowest BCUT2D eigenvalue weighted by molar-refractivity contribution is 0.0123. The highest BCUT2D eigenvalue weighted by Gasteiger charge is 2.29. The number of rotatable bonds is 2. The van der Waals surface area contributed by atoms with Crippen LogP contribution in [0.15, 0.2) is 0 Å². The van der Waals surface area contributed by atoms with Gasteiger partial charge in [0.05, 0.1) is 6.10 Å². The van der Waals surface area contributed by atoms with Gasteiger partial charge in [-0.2, -0.15) is 0 Å². The van der Waals surface area contributed by atoms with Crippen molar-refractivity contribution in [1.82, 2.24) is 9.80 Å². The summed E-state index contributed by atoms with van der Waals surface area (Å²) in [4.78, 5) is 16.4. The molecule has 2 aliphatic heterocycles. The smallest absolute Gasteiger partial charge is 0.410 e. The van der Waals surface area contributed by atoms with Crippen molar-refractivity contribution >= 4 is 6.09 Å². The number of carbonyl (C=O) groups is 1. The van der Waals surface area contributed by atoms with Crippen LogP contribution in [-0.4, -0.2) is 65.4 Å². The van der Waals surface area contributed by atoms with Gasteiger partial charge in [-0.05, 0) is 52.4 Å². The Labute approximate surface area is 128 Å². The summed E-state index contributed by atoms with van der Waals surface area (Å²) < 4.78 is 5.47. The molecular formula is C16H30N2O3. The van der Waals surface area contributed by atoms with Crippen LogP contribution in [0.3, 0.4) is 0 Å². The fraction of sp³-hybridized carbons (Fsp3) is 0.938. The normalized spacial score (nSPS) is 25.9. The van der Waals surface area contributed by atoms with Gasteiger partial charge in [0.25, 0.3) is 0 Å². The molecule has 21 heavy (non-hydrogen) atoms. The number of nitrogens with zero attached hydrogens (tertiary/aromatic N) is 2. The summed E-state index contributed by atoms with van der Waals surface area (Å²) in [7, 11) is 0. The van der Waals surface area contributed by atoms with E-state index in [4.69, 9.17) is 4.74 Å². The predicted octanol–water partition coefficient (Wildman–Crippen LogP) is 2.09. The van der Waals surface area contributed by atoms with Gasteiger partial charge in [-0.3, -0.25) is 0 Å². The molecule has 1 atom stereocenters. The molecule has 0 radical (unpaired) electrons. The summed E-state index contributed by atoms with van der Waals surface area (Å²) in [6.45, 7) is 10.3. The third-order valence-electron chi connectivity index (χ3n) is 4.24. The fourth-order valence-corrected chi connectivity index (χ4v) is 3.17. The Bertz CT molecular complexity index is 346. The van der Waals surface area contributed by atoms with Crippen molar-refractivity contribution in [2.24, 2.45) is 5.92 Å². The summed E-state index contributed by atoms with van der Waals surface area (Å²) >= 11 is 0. The van der Waals surface area contributed by atoms with E-state index < -0.39 is 5.60 Å². The molecule has 1 amide bonds. The molecule has 0 aliphatic carbocycles. The minimum absolute atomic E-state index is 0.120. The van der Waals surface area contributed by atoms with Crippen molar-refractivity contribution in [1.29, 1.82) is 0 Å². The van der Waals surface area contributed by atoms with E-state index in [1.165, 1.54) is 6.42 Å². The first kappa shape index (κ1) is 16.6. The van der Waals surface area contributed by atoms with Gasteiger partial charge in [-0.25, -0.2) is 4.79 Å². The van der Waals surface area contributed by atoms with Gasteiger partial charge in [0.15, 0.2) is 0 Å². The molecule has 122 valence electrons. The van der Waals surface area contributed by atoms with Crippen molar-refractivity contribution in [3.8, 4) is 0 Å². The zero-order valence-corrected chi connectivity index (χ0v) is 13.7. The number of piperidine rings is 2. The number of ether oxygens (including phenoxy) is 1. The monoisotopic (exact) mass is 298 g/mol. The lowest BCUT2D eigenvalue weighted by Crippen LogP contribution is -2.47. The summed E-state index contributed by atoms with van der Waals surface area (Å²) in [5.41, 5.74) is -0.424. The van der Waals surface area contributed by atoms with Crippen LogP contribution in [0.4, 0.5) is 4.79 Å². The van der Waals surface area contributed by atoms with E-state index in [1.54, 1.807) is 0 Å². The highest BCUT2D eigenvalue weighted by Crippen LogP contribution is 2.21. The number of hydrogen-bond acceptors (Lipinski definition) is 4. The largest absolute Gasteiger partial charge is 0.444 e. The second kappa shape index (κ2) is 6.97. The van der Waals surface area contributed by atoms with Crippen LogP contribution in [0.2, 0.25) is 0 Å². The Morgan fingerprint density at radius 2 is 1.86 bits per heavy atom. The van der Waals surface area contributed by atoms with Gasteiger partial charge in [-0.1, -0.05) is 0 Å². The maximum atomic E-state index is 12.2. The molecule has 0 spiro atoms. The number of aliphatic hydroxyl groups is 1. The Morgan fingerprint density at radius 1 is 1.19 bits per heavy atom. The van der Waals surface area contributed by atoms with Crippen LogP contribution < -0.4 is 0 Å². The topological polar surface area (TPSA) is 53.0 Å². The van der Waals surface area contributed by atoms with Gasteiger partial charge in [0.2, 0.25) is 0 Å². The molecule has 0 saturated carbocycles. The highest BCUT2D eigenvalue weighted by molar-refractivity contribution is 5.68. The molecule has 5 nitrogen and oxygen atoms in total. The molecule has 2 aliphatic rings. The molecule has 5 heteroatoms. The van der Waals surface area contributed by atoms with Crippen LogP contribution in [0.1, 0.15) is 46.5 Å². The molecule has 0 aromatic heterocycles. The van der Waals surface area contributed by atoms with E-state index in [1.807, 2.05) is 25.7 Å². The minimum atomic E-state index is -0.424. The number of hydrogen-bond donors (Lipinski definition) is 1. The number of likely N-dealkylation sites (tertiary alicyclic amines) is 2. The minimum Gasteiger partial charge on any atom is -0.444 e. The van der Waals surface area contributed by atoms with Crippen LogP contribution in [0, 0.1) is 5.92 Å². The number of amides is 1. The Kier molecular flexibility index (Phi) is 5.49. The maximum absolute atomic E-state index is 12.2. The van der Waals surface area contributed by atoms with E-state index in [9.17, 15) is 9.90 Å². The lowest BCUT2D eigenvalue weighted by Gasteiger charge is -2.38. The van der Waals surface area contributed by atoms with E-state index in [2.05, 4.69) is 4.90 Å². The SMILES string of the molecule is CC(C)(C)OC(=O)N1CCCC(CN2CCC(O)CC2)C1. The van der Waals surface area contributed by atoms with Gasteiger partial charge in [0.1, 0.15) is 5.60 Å². The second-order valence-corrected chi connectivity index (χ2v) is 7.47. The molecule has 2 saturated heterocycles. The van der Waals surface area contributed by atoms with Gasteiger partial charge in [0, 0.05) is 32.7 Å². The third kappa shape index (κ3) is 5.47. The highest BCUT2D eigenvalue weighted by atomic mass is 16.6. The average Bonchev–Trinajstić information content (AvgIpc) is 2.40. The molecular weight excluding hydrogens is 268 g/mol. The average molecular weight is 298 g/mol. The Balaban J connectivity index is 1.79. The van der Waals surface area contributed by atoms with Crippen molar-refractivity contribution in [3.05, 3.63) is 0 Å². The van der Waals surface area contributed by atoms with E-state index in [0.717, 1.165) is 52.0 Å². The van der Waals surface area contributed by atoms with Gasteiger partial charge >= 0.3 is 6.09 Å². The van der Waals surface area contributed by atoms with Crippen molar-refractivity contribution < 1.29 is 14.6 Å². The molecule has 0 aromatic carbocycles. The molecule has 1 unspecified atom stereocenters. The molecule has 0 bridgehead atoms. The van der Waals surface area contributed by atoms with E-state index in [0.29, 0.717) is 5.92 Å². The van der Waals surface area contributed by atoms with Gasteiger partial charge in [-0.15, -0.1) is 0 Å². The zero-order chi connectivity index (χ0) is 15.5. The Hall–Kier alpha value is -0.810. The third-order valence-corrected chi connectivity index (χ3v) is 4.24. The fourth-order valence-electron chi connectivity index (χ4n) is 3.17. The predicted molar refractivity (Wildman–Crippen MR) is 82.2 cm³/mol. The summed E-state index contributed by atoms with van der Waals surface area (Å²) in [6, 6.07) is 0. The van der Waals surface area contributed by atoms with Crippen LogP contribution >= 0.6 is 0 Å². The first-order valence-electron chi connectivity index (χ1n) is 8.22. The summed E-state index contributed by atoms with van der Waals surface area (Å²) in [5.74, 6) is 0.529. The molecule has 2 fully saturated rings. The summed E-state index contributed by atoms with van der Waals surface area (Å²) in [6.07, 6.45) is 3.69. The van der Waals surface area contributed by atoms with E-state index >= 15 is 0 Å². The van der Waals surface area contributed by atoms with Crippen molar-refractivity contribution in [2.75, 3.05) is 32.7 Å². The van der Waals surface area contributed by atoms with E-state index in [-0.39, 0.29) is 12.2 Å². The van der Waals surface area contributed by atoms with Crippen LogP contribution in [-0.2, 0) is 4.74 Å². The van der Waals surface area contributed by atoms with Crippen molar-refractivity contribution in [3.63, 3.8) is 0 Å². The maximum Gasteiger partial charge on any atom is 0.410 e. The summed E-state index contributed by atoms with van der Waals surface area (Å²) in [5, 5.41) is 9.56. The molecule has 2 rings (SSSR count). The molecule has 0 aromatic rings. The number of carbonyl (C=O) groups excluding carboxylic acids is 1. The quantitative estimate of drug-likeness (QED) is 0.848.